The molecule has 0 heterocycles. The van der Waals surface area contributed by atoms with Crippen molar-refractivity contribution in [2.24, 2.45) is 16.7 Å². The second-order valence-electron chi connectivity index (χ2n) is 11.8. The largest absolute Gasteiger partial charge is 0.490 e. The van der Waals surface area contributed by atoms with Crippen molar-refractivity contribution in [2.75, 3.05) is 6.61 Å². The van der Waals surface area contributed by atoms with Crippen molar-refractivity contribution in [3.63, 3.8) is 0 Å². The van der Waals surface area contributed by atoms with Crippen molar-refractivity contribution in [1.29, 1.82) is 0 Å². The average Bonchev–Trinajstić information content (AvgIpc) is 2.70. The van der Waals surface area contributed by atoms with Crippen molar-refractivity contribution in [3.05, 3.63) is 58.1 Å². The summed E-state index contributed by atoms with van der Waals surface area (Å²) in [6, 6.07) is 12.4. The molecule has 2 atom stereocenters. The summed E-state index contributed by atoms with van der Waals surface area (Å²) >= 11 is 6.74. The molecule has 2 aromatic carbocycles. The second kappa shape index (κ2) is 8.50. The number of halogens is 1. The SMILES string of the molecule is CCOc1cc(CNC23CC4CC(C)(CC(C)(C4)C2)C3)cc(Cl)c1OCc1ccccc1C. The normalized spacial score (nSPS) is 32.2. The van der Waals surface area contributed by atoms with Crippen LogP contribution in [0.25, 0.3) is 0 Å². The third-order valence-electron chi connectivity index (χ3n) is 8.30. The Morgan fingerprint density at radius 1 is 1.00 bits per heavy atom. The van der Waals surface area contributed by atoms with Gasteiger partial charge in [0.15, 0.2) is 11.5 Å². The Labute approximate surface area is 204 Å². The zero-order chi connectivity index (χ0) is 23.3. The van der Waals surface area contributed by atoms with Crippen LogP contribution in [0.4, 0.5) is 0 Å². The van der Waals surface area contributed by atoms with Gasteiger partial charge in [-0.05, 0) is 97.9 Å². The lowest BCUT2D eigenvalue weighted by atomic mass is 9.43. The fraction of sp³-hybridized carbons (Fsp3) is 0.586. The molecule has 2 unspecified atom stereocenters. The first kappa shape index (κ1) is 23.1. The van der Waals surface area contributed by atoms with Gasteiger partial charge in [0.1, 0.15) is 6.61 Å². The number of rotatable bonds is 8. The molecule has 2 aromatic rings. The minimum absolute atomic E-state index is 0.265. The molecule has 4 bridgehead atoms. The van der Waals surface area contributed by atoms with Crippen molar-refractivity contribution < 1.29 is 9.47 Å². The first-order valence-electron chi connectivity index (χ1n) is 12.6. The van der Waals surface area contributed by atoms with Gasteiger partial charge in [0.25, 0.3) is 0 Å². The molecule has 0 radical (unpaired) electrons. The van der Waals surface area contributed by atoms with Crippen LogP contribution >= 0.6 is 11.6 Å². The maximum absolute atomic E-state index is 6.74. The van der Waals surface area contributed by atoms with Crippen molar-refractivity contribution >= 4 is 11.6 Å². The monoisotopic (exact) mass is 467 g/mol. The molecule has 6 rings (SSSR count). The molecule has 4 aliphatic carbocycles. The van der Waals surface area contributed by atoms with Gasteiger partial charge in [-0.1, -0.05) is 49.7 Å². The molecular formula is C29H38ClNO2. The van der Waals surface area contributed by atoms with E-state index in [1.165, 1.54) is 44.1 Å². The highest BCUT2D eigenvalue weighted by atomic mass is 35.5. The molecule has 0 spiro atoms. The average molecular weight is 468 g/mol. The van der Waals surface area contributed by atoms with Crippen LogP contribution in [-0.4, -0.2) is 12.1 Å². The third kappa shape index (κ3) is 4.64. The zero-order valence-corrected chi connectivity index (χ0v) is 21.4. The second-order valence-corrected chi connectivity index (χ2v) is 12.2. The number of benzene rings is 2. The number of aryl methyl sites for hydroxylation is 1. The number of ether oxygens (including phenoxy) is 2. The van der Waals surface area contributed by atoms with Crippen molar-refractivity contribution in [2.45, 2.75) is 84.9 Å². The van der Waals surface area contributed by atoms with E-state index in [-0.39, 0.29) is 5.54 Å². The van der Waals surface area contributed by atoms with Crippen LogP contribution in [0.15, 0.2) is 36.4 Å². The minimum Gasteiger partial charge on any atom is -0.490 e. The standard InChI is InChI=1S/C29H38ClNO2/c1-5-32-25-11-21(10-24(30)26(25)33-16-23-9-7-6-8-20(23)2)15-31-29-14-22-12-27(3,18-29)17-28(4,13-22)19-29/h6-11,22,31H,5,12-19H2,1-4H3. The molecule has 4 fully saturated rings. The Bertz CT molecular complexity index is 1020. The van der Waals surface area contributed by atoms with E-state index in [9.17, 15) is 0 Å². The lowest BCUT2D eigenvalue weighted by Crippen LogP contribution is -2.63. The van der Waals surface area contributed by atoms with Crippen LogP contribution in [0, 0.1) is 23.7 Å². The van der Waals surface area contributed by atoms with E-state index in [1.807, 2.05) is 25.1 Å². The summed E-state index contributed by atoms with van der Waals surface area (Å²) in [5.41, 5.74) is 4.81. The molecule has 3 nitrogen and oxygen atoms in total. The van der Waals surface area contributed by atoms with E-state index in [1.54, 1.807) is 0 Å². The third-order valence-corrected chi connectivity index (χ3v) is 8.58. The summed E-state index contributed by atoms with van der Waals surface area (Å²) < 4.78 is 12.1. The van der Waals surface area contributed by atoms with Crippen LogP contribution < -0.4 is 14.8 Å². The maximum atomic E-state index is 6.74. The molecule has 4 aliphatic rings. The molecule has 178 valence electrons. The molecule has 1 N–H and O–H groups in total. The molecule has 0 saturated heterocycles. The molecule has 4 saturated carbocycles. The number of hydrogen-bond donors (Lipinski definition) is 1. The van der Waals surface area contributed by atoms with Crippen LogP contribution in [0.5, 0.6) is 11.5 Å². The van der Waals surface area contributed by atoms with Crippen LogP contribution in [-0.2, 0) is 13.2 Å². The molecule has 33 heavy (non-hydrogen) atoms. The lowest BCUT2D eigenvalue weighted by Gasteiger charge is -2.65. The van der Waals surface area contributed by atoms with Gasteiger partial charge in [-0.3, -0.25) is 0 Å². The predicted octanol–water partition coefficient (Wildman–Crippen LogP) is 7.46. The molecule has 0 aromatic heterocycles. The van der Waals surface area contributed by atoms with E-state index >= 15 is 0 Å². The number of hydrogen-bond acceptors (Lipinski definition) is 3. The molecule has 0 amide bonds. The van der Waals surface area contributed by atoms with Gasteiger partial charge in [-0.2, -0.15) is 0 Å². The zero-order valence-electron chi connectivity index (χ0n) is 20.6. The summed E-state index contributed by atoms with van der Waals surface area (Å²) in [5.74, 6) is 2.25. The Balaban J connectivity index is 1.33. The highest BCUT2D eigenvalue weighted by Gasteiger charge is 2.59. The van der Waals surface area contributed by atoms with Gasteiger partial charge < -0.3 is 14.8 Å². The summed E-state index contributed by atoms with van der Waals surface area (Å²) in [7, 11) is 0. The predicted molar refractivity (Wildman–Crippen MR) is 135 cm³/mol. The van der Waals surface area contributed by atoms with Gasteiger partial charge in [0.2, 0.25) is 0 Å². The summed E-state index contributed by atoms with van der Waals surface area (Å²) in [6.45, 7) is 11.0. The van der Waals surface area contributed by atoms with E-state index in [4.69, 9.17) is 21.1 Å². The van der Waals surface area contributed by atoms with Gasteiger partial charge >= 0.3 is 0 Å². The van der Waals surface area contributed by atoms with Crippen molar-refractivity contribution in [3.8, 4) is 11.5 Å². The van der Waals surface area contributed by atoms with Gasteiger partial charge in [-0.15, -0.1) is 0 Å². The fourth-order valence-corrected chi connectivity index (χ4v) is 8.27. The Morgan fingerprint density at radius 3 is 2.39 bits per heavy atom. The summed E-state index contributed by atoms with van der Waals surface area (Å²) in [5, 5.41) is 4.64. The first-order valence-corrected chi connectivity index (χ1v) is 13.0. The van der Waals surface area contributed by atoms with Gasteiger partial charge in [0, 0.05) is 12.1 Å². The topological polar surface area (TPSA) is 30.5 Å². The van der Waals surface area contributed by atoms with Gasteiger partial charge in [-0.25, -0.2) is 0 Å². The van der Waals surface area contributed by atoms with Gasteiger partial charge in [0.05, 0.1) is 11.6 Å². The summed E-state index contributed by atoms with van der Waals surface area (Å²) in [6.07, 6.45) is 8.15. The highest BCUT2D eigenvalue weighted by molar-refractivity contribution is 6.32. The van der Waals surface area contributed by atoms with Crippen LogP contribution in [0.1, 0.15) is 76.0 Å². The van der Waals surface area contributed by atoms with E-state index in [2.05, 4.69) is 44.3 Å². The van der Waals surface area contributed by atoms with Crippen LogP contribution in [0.2, 0.25) is 5.02 Å². The quantitative estimate of drug-likeness (QED) is 0.436. The summed E-state index contributed by atoms with van der Waals surface area (Å²) in [4.78, 5) is 0. The van der Waals surface area contributed by atoms with E-state index in [0.29, 0.717) is 34.8 Å². The molecule has 0 aliphatic heterocycles. The van der Waals surface area contributed by atoms with E-state index < -0.39 is 0 Å². The number of nitrogens with one attached hydrogen (secondary N) is 1. The maximum Gasteiger partial charge on any atom is 0.180 e. The first-order chi connectivity index (χ1) is 15.7. The Kier molecular flexibility index (Phi) is 5.94. The Morgan fingerprint density at radius 2 is 1.73 bits per heavy atom. The van der Waals surface area contributed by atoms with Crippen LogP contribution in [0.3, 0.4) is 0 Å². The Hall–Kier alpha value is -1.71. The van der Waals surface area contributed by atoms with Crippen molar-refractivity contribution in [1.82, 2.24) is 5.32 Å². The smallest absolute Gasteiger partial charge is 0.180 e. The highest BCUT2D eigenvalue weighted by Crippen LogP contribution is 2.66. The lowest BCUT2D eigenvalue weighted by molar-refractivity contribution is -0.118. The molecular weight excluding hydrogens is 430 g/mol. The minimum atomic E-state index is 0.265. The molecule has 4 heteroatoms. The fourth-order valence-electron chi connectivity index (χ4n) is 7.98. The van der Waals surface area contributed by atoms with E-state index in [0.717, 1.165) is 29.3 Å².